The van der Waals surface area contributed by atoms with Crippen LogP contribution in [0.15, 0.2) is 12.5 Å². The molecule has 5 nitrogen and oxygen atoms in total. The Kier molecular flexibility index (Phi) is 3.24. The first-order chi connectivity index (χ1) is 7.65. The van der Waals surface area contributed by atoms with Gasteiger partial charge in [-0.05, 0) is 25.7 Å². The molecule has 1 aliphatic rings. The van der Waals surface area contributed by atoms with Crippen LogP contribution in [0.4, 0.5) is 0 Å². The van der Waals surface area contributed by atoms with Crippen LogP contribution in [-0.2, 0) is 7.05 Å². The molecule has 2 atom stereocenters. The van der Waals surface area contributed by atoms with Gasteiger partial charge in [0.2, 0.25) is 0 Å². The molecule has 0 saturated heterocycles. The fourth-order valence-electron chi connectivity index (χ4n) is 2.15. The van der Waals surface area contributed by atoms with Gasteiger partial charge in [0, 0.05) is 25.3 Å². The first kappa shape index (κ1) is 11.1. The number of nitrogens with zero attached hydrogens (tertiary/aromatic N) is 2. The van der Waals surface area contributed by atoms with Crippen molar-refractivity contribution in [2.75, 3.05) is 0 Å². The van der Waals surface area contributed by atoms with Crippen molar-refractivity contribution < 1.29 is 4.79 Å². The quantitative estimate of drug-likeness (QED) is 0.761. The lowest BCUT2D eigenvalue weighted by Crippen LogP contribution is -2.42. The topological polar surface area (TPSA) is 72.9 Å². The number of amides is 1. The van der Waals surface area contributed by atoms with Gasteiger partial charge in [0.25, 0.3) is 5.91 Å². The zero-order valence-corrected chi connectivity index (χ0v) is 9.52. The molecular weight excluding hydrogens is 204 g/mol. The Bertz CT molecular complexity index is 374. The van der Waals surface area contributed by atoms with Crippen molar-refractivity contribution in [1.82, 2.24) is 14.9 Å². The second-order valence-electron chi connectivity index (χ2n) is 4.52. The summed E-state index contributed by atoms with van der Waals surface area (Å²) in [4.78, 5) is 15.8. The summed E-state index contributed by atoms with van der Waals surface area (Å²) in [5, 5.41) is 2.98. The van der Waals surface area contributed by atoms with Crippen LogP contribution in [-0.4, -0.2) is 27.5 Å². The van der Waals surface area contributed by atoms with Crippen LogP contribution in [0.3, 0.4) is 0 Å². The minimum absolute atomic E-state index is 0.0975. The summed E-state index contributed by atoms with van der Waals surface area (Å²) in [5.41, 5.74) is 6.35. The van der Waals surface area contributed by atoms with Crippen molar-refractivity contribution in [2.24, 2.45) is 12.8 Å². The molecule has 0 unspecified atom stereocenters. The Labute approximate surface area is 95.0 Å². The highest BCUT2D eigenvalue weighted by Gasteiger charge is 2.21. The maximum absolute atomic E-state index is 11.8. The normalized spacial score (nSPS) is 25.4. The molecule has 0 bridgehead atoms. The van der Waals surface area contributed by atoms with E-state index in [1.807, 2.05) is 7.05 Å². The monoisotopic (exact) mass is 222 g/mol. The Morgan fingerprint density at radius 1 is 1.62 bits per heavy atom. The molecule has 2 rings (SSSR count). The first-order valence-corrected chi connectivity index (χ1v) is 5.69. The van der Waals surface area contributed by atoms with Gasteiger partial charge in [-0.1, -0.05) is 0 Å². The van der Waals surface area contributed by atoms with Gasteiger partial charge in [0.05, 0.1) is 6.33 Å². The highest BCUT2D eigenvalue weighted by atomic mass is 16.2. The number of carbonyl (C=O) groups is 1. The number of nitrogens with two attached hydrogens (primary N) is 1. The van der Waals surface area contributed by atoms with E-state index < -0.39 is 0 Å². The summed E-state index contributed by atoms with van der Waals surface area (Å²) in [7, 11) is 1.85. The second kappa shape index (κ2) is 4.65. The van der Waals surface area contributed by atoms with Crippen LogP contribution in [0.2, 0.25) is 0 Å². The maximum atomic E-state index is 11.8. The van der Waals surface area contributed by atoms with E-state index in [1.54, 1.807) is 17.1 Å². The van der Waals surface area contributed by atoms with E-state index in [9.17, 15) is 4.79 Å². The summed E-state index contributed by atoms with van der Waals surface area (Å²) in [6.45, 7) is 0. The molecule has 88 valence electrons. The summed E-state index contributed by atoms with van der Waals surface area (Å²) in [6, 6.07) is 0.432. The zero-order chi connectivity index (χ0) is 11.5. The molecule has 1 heterocycles. The van der Waals surface area contributed by atoms with Crippen LogP contribution in [0.25, 0.3) is 0 Å². The second-order valence-corrected chi connectivity index (χ2v) is 4.52. The molecule has 0 radical (unpaired) electrons. The zero-order valence-electron chi connectivity index (χ0n) is 9.52. The lowest BCUT2D eigenvalue weighted by Gasteiger charge is -2.26. The lowest BCUT2D eigenvalue weighted by molar-refractivity contribution is 0.0921. The van der Waals surface area contributed by atoms with Gasteiger partial charge in [0.15, 0.2) is 0 Å². The van der Waals surface area contributed by atoms with Crippen molar-refractivity contribution in [2.45, 2.75) is 37.8 Å². The number of hydrogen-bond donors (Lipinski definition) is 2. The standard InChI is InChI=1S/C11H18N4O/c1-15-6-10(13-7-15)11(16)14-9-4-2-3-8(12)5-9/h6-9H,2-5,12H2,1H3,(H,14,16)/t8-,9+/m0/s1. The Balaban J connectivity index is 1.92. The number of hydrogen-bond acceptors (Lipinski definition) is 3. The highest BCUT2D eigenvalue weighted by Crippen LogP contribution is 2.17. The van der Waals surface area contributed by atoms with Crippen LogP contribution < -0.4 is 11.1 Å². The highest BCUT2D eigenvalue weighted by molar-refractivity contribution is 5.92. The molecule has 0 aromatic carbocycles. The van der Waals surface area contributed by atoms with Crippen molar-refractivity contribution in [3.05, 3.63) is 18.2 Å². The molecule has 1 saturated carbocycles. The van der Waals surface area contributed by atoms with Gasteiger partial charge < -0.3 is 15.6 Å². The molecule has 1 aromatic rings. The number of carbonyl (C=O) groups excluding carboxylic acids is 1. The molecule has 0 spiro atoms. The predicted molar refractivity (Wildman–Crippen MR) is 60.9 cm³/mol. The van der Waals surface area contributed by atoms with E-state index in [0.29, 0.717) is 5.69 Å². The lowest BCUT2D eigenvalue weighted by atomic mass is 9.91. The predicted octanol–water partition coefficient (Wildman–Crippen LogP) is 0.420. The number of aryl methyl sites for hydroxylation is 1. The number of nitrogens with one attached hydrogen (secondary N) is 1. The smallest absolute Gasteiger partial charge is 0.271 e. The molecule has 0 aliphatic heterocycles. The molecular formula is C11H18N4O. The third kappa shape index (κ3) is 2.61. The Morgan fingerprint density at radius 2 is 2.44 bits per heavy atom. The van der Waals surface area contributed by atoms with Crippen molar-refractivity contribution in [3.63, 3.8) is 0 Å². The van der Waals surface area contributed by atoms with E-state index in [4.69, 9.17) is 5.73 Å². The SMILES string of the molecule is Cn1cnc(C(=O)N[C@@H]2CCC[C@H](N)C2)c1. The largest absolute Gasteiger partial charge is 0.348 e. The third-order valence-electron chi connectivity index (χ3n) is 2.99. The van der Waals surface area contributed by atoms with E-state index in [1.165, 1.54) is 0 Å². The molecule has 1 aliphatic carbocycles. The van der Waals surface area contributed by atoms with Crippen molar-refractivity contribution in [1.29, 1.82) is 0 Å². The van der Waals surface area contributed by atoms with Crippen LogP contribution in [0.1, 0.15) is 36.2 Å². The van der Waals surface area contributed by atoms with Crippen molar-refractivity contribution in [3.8, 4) is 0 Å². The van der Waals surface area contributed by atoms with Crippen LogP contribution >= 0.6 is 0 Å². The van der Waals surface area contributed by atoms with E-state index in [-0.39, 0.29) is 18.0 Å². The summed E-state index contributed by atoms with van der Waals surface area (Å²) >= 11 is 0. The average molecular weight is 222 g/mol. The number of aromatic nitrogens is 2. The molecule has 5 heteroatoms. The number of imidazole rings is 1. The van der Waals surface area contributed by atoms with Gasteiger partial charge in [-0.2, -0.15) is 0 Å². The van der Waals surface area contributed by atoms with Crippen LogP contribution in [0.5, 0.6) is 0 Å². The molecule has 1 amide bonds. The number of rotatable bonds is 2. The summed E-state index contributed by atoms with van der Waals surface area (Å²) in [6.07, 6.45) is 7.40. The minimum atomic E-state index is -0.0975. The van der Waals surface area contributed by atoms with Gasteiger partial charge in [-0.3, -0.25) is 4.79 Å². The van der Waals surface area contributed by atoms with Gasteiger partial charge >= 0.3 is 0 Å². The summed E-state index contributed by atoms with van der Waals surface area (Å²) < 4.78 is 1.77. The first-order valence-electron chi connectivity index (χ1n) is 5.69. The van der Waals surface area contributed by atoms with Gasteiger partial charge in [-0.25, -0.2) is 4.98 Å². The average Bonchev–Trinajstić information content (AvgIpc) is 2.65. The van der Waals surface area contributed by atoms with E-state index in [2.05, 4.69) is 10.3 Å². The Morgan fingerprint density at radius 3 is 3.06 bits per heavy atom. The third-order valence-corrected chi connectivity index (χ3v) is 2.99. The maximum Gasteiger partial charge on any atom is 0.271 e. The molecule has 1 aromatic heterocycles. The fraction of sp³-hybridized carbons (Fsp3) is 0.636. The van der Waals surface area contributed by atoms with Gasteiger partial charge in [0.1, 0.15) is 5.69 Å². The summed E-state index contributed by atoms with van der Waals surface area (Å²) in [5.74, 6) is -0.0975. The van der Waals surface area contributed by atoms with E-state index >= 15 is 0 Å². The van der Waals surface area contributed by atoms with Crippen molar-refractivity contribution >= 4 is 5.91 Å². The molecule has 16 heavy (non-hydrogen) atoms. The molecule has 1 fully saturated rings. The Hall–Kier alpha value is -1.36. The van der Waals surface area contributed by atoms with Crippen LogP contribution in [0, 0.1) is 0 Å². The molecule has 3 N–H and O–H groups in total. The minimum Gasteiger partial charge on any atom is -0.348 e. The van der Waals surface area contributed by atoms with Gasteiger partial charge in [-0.15, -0.1) is 0 Å². The van der Waals surface area contributed by atoms with E-state index in [0.717, 1.165) is 25.7 Å². The fourth-order valence-corrected chi connectivity index (χ4v) is 2.15.